The highest BCUT2D eigenvalue weighted by atomic mass is 32.2. The summed E-state index contributed by atoms with van der Waals surface area (Å²) < 4.78 is 29.6. The molecule has 0 spiro atoms. The Kier molecular flexibility index (Phi) is 6.19. The monoisotopic (exact) mass is 433 g/mol. The lowest BCUT2D eigenvalue weighted by Crippen LogP contribution is -2.27. The Bertz CT molecular complexity index is 1010. The Hall–Kier alpha value is -2.91. The highest BCUT2D eigenvalue weighted by molar-refractivity contribution is 8.27. The fourth-order valence-electron chi connectivity index (χ4n) is 2.68. The van der Waals surface area contributed by atoms with Gasteiger partial charge in [0.25, 0.3) is 5.91 Å². The van der Waals surface area contributed by atoms with E-state index in [9.17, 15) is 14.0 Å². The van der Waals surface area contributed by atoms with Crippen molar-refractivity contribution in [2.45, 2.75) is 6.92 Å². The van der Waals surface area contributed by atoms with Gasteiger partial charge in [-0.2, -0.15) is 0 Å². The smallest absolute Gasteiger partial charge is 0.308 e. The van der Waals surface area contributed by atoms with Gasteiger partial charge in [-0.25, -0.2) is 4.39 Å². The van der Waals surface area contributed by atoms with Crippen molar-refractivity contribution in [3.05, 3.63) is 52.7 Å². The van der Waals surface area contributed by atoms with Crippen LogP contribution >= 0.6 is 24.0 Å². The van der Waals surface area contributed by atoms with Crippen LogP contribution in [-0.4, -0.2) is 30.4 Å². The highest BCUT2D eigenvalue weighted by Crippen LogP contribution is 2.41. The van der Waals surface area contributed by atoms with E-state index in [4.69, 9.17) is 26.4 Å². The van der Waals surface area contributed by atoms with Gasteiger partial charge in [0, 0.05) is 6.92 Å². The van der Waals surface area contributed by atoms with Crippen molar-refractivity contribution in [2.24, 2.45) is 0 Å². The molecule has 0 atom stereocenters. The zero-order valence-electron chi connectivity index (χ0n) is 15.7. The van der Waals surface area contributed by atoms with Crippen LogP contribution in [0.4, 0.5) is 10.1 Å². The predicted molar refractivity (Wildman–Crippen MR) is 113 cm³/mol. The lowest BCUT2D eigenvalue weighted by Gasteiger charge is -2.14. The maximum atomic E-state index is 13.5. The molecule has 0 saturated carbocycles. The van der Waals surface area contributed by atoms with Gasteiger partial charge in [-0.1, -0.05) is 30.0 Å². The number of ether oxygens (including phenoxy) is 3. The first-order chi connectivity index (χ1) is 13.8. The van der Waals surface area contributed by atoms with Gasteiger partial charge in [0.15, 0.2) is 15.8 Å². The summed E-state index contributed by atoms with van der Waals surface area (Å²) in [5.74, 6) is -0.668. The Labute approximate surface area is 176 Å². The van der Waals surface area contributed by atoms with Gasteiger partial charge in [0.2, 0.25) is 5.75 Å². The molecule has 1 amide bonds. The number of nitrogens with zero attached hydrogens (tertiary/aromatic N) is 1. The van der Waals surface area contributed by atoms with E-state index in [0.29, 0.717) is 20.5 Å². The fourth-order valence-corrected chi connectivity index (χ4v) is 3.98. The van der Waals surface area contributed by atoms with E-state index in [1.807, 2.05) is 0 Å². The molecule has 0 N–H and O–H groups in total. The molecule has 1 saturated heterocycles. The molecule has 3 rings (SSSR count). The first-order valence-corrected chi connectivity index (χ1v) is 9.54. The molecule has 0 aliphatic carbocycles. The summed E-state index contributed by atoms with van der Waals surface area (Å²) in [5.41, 5.74) is 0.936. The molecule has 0 aromatic heterocycles. The van der Waals surface area contributed by atoms with Gasteiger partial charge < -0.3 is 14.2 Å². The molecule has 2 aromatic rings. The molecule has 1 aliphatic heterocycles. The summed E-state index contributed by atoms with van der Waals surface area (Å²) in [6, 6.07) is 8.87. The molecule has 1 fully saturated rings. The second-order valence-electron chi connectivity index (χ2n) is 5.85. The number of anilines is 1. The number of amides is 1. The first-order valence-electron chi connectivity index (χ1n) is 8.32. The quantitative estimate of drug-likeness (QED) is 0.303. The van der Waals surface area contributed by atoms with Gasteiger partial charge in [0.1, 0.15) is 5.82 Å². The number of rotatable bonds is 5. The van der Waals surface area contributed by atoms with Crippen molar-refractivity contribution in [3.8, 4) is 17.2 Å². The second kappa shape index (κ2) is 8.62. The van der Waals surface area contributed by atoms with E-state index < -0.39 is 11.8 Å². The minimum atomic E-state index is -0.523. The molecule has 29 heavy (non-hydrogen) atoms. The van der Waals surface area contributed by atoms with E-state index in [0.717, 1.165) is 11.8 Å². The number of methoxy groups -OCH3 is 2. The average molecular weight is 433 g/mol. The van der Waals surface area contributed by atoms with E-state index in [2.05, 4.69) is 0 Å². The Balaban J connectivity index is 1.99. The van der Waals surface area contributed by atoms with Crippen LogP contribution < -0.4 is 19.1 Å². The molecular weight excluding hydrogens is 417 g/mol. The third-order valence-electron chi connectivity index (χ3n) is 3.89. The summed E-state index contributed by atoms with van der Waals surface area (Å²) in [5, 5.41) is 0. The summed E-state index contributed by atoms with van der Waals surface area (Å²) in [6.07, 6.45) is 1.61. The molecule has 6 nitrogen and oxygen atoms in total. The number of hydrogen-bond acceptors (Lipinski definition) is 7. The van der Waals surface area contributed by atoms with E-state index in [1.165, 1.54) is 44.2 Å². The van der Waals surface area contributed by atoms with Crippen LogP contribution in [0.15, 0.2) is 41.3 Å². The lowest BCUT2D eigenvalue weighted by atomic mass is 10.1. The Morgan fingerprint density at radius 3 is 2.38 bits per heavy atom. The predicted octanol–water partition coefficient (Wildman–Crippen LogP) is 4.17. The van der Waals surface area contributed by atoms with Gasteiger partial charge >= 0.3 is 5.97 Å². The van der Waals surface area contributed by atoms with Gasteiger partial charge in [-0.15, -0.1) is 0 Å². The summed E-state index contributed by atoms with van der Waals surface area (Å²) in [7, 11) is 2.85. The number of thioether (sulfide) groups is 1. The standard InChI is InChI=1S/C20H16FNO5S2/c1-11(23)27-18-15(25-2)7-12(8-16(18)26-3)9-17-19(24)22(20(28)29-17)14-6-4-5-13(21)10-14/h4-10H,1-3H3/b17-9-. The Morgan fingerprint density at radius 1 is 1.17 bits per heavy atom. The van der Waals surface area contributed by atoms with Crippen molar-refractivity contribution in [2.75, 3.05) is 19.1 Å². The number of thiocarbonyl (C=S) groups is 1. The van der Waals surface area contributed by atoms with Crippen molar-refractivity contribution in [3.63, 3.8) is 0 Å². The van der Waals surface area contributed by atoms with E-state index in [-0.39, 0.29) is 23.2 Å². The molecule has 1 aliphatic rings. The second-order valence-corrected chi connectivity index (χ2v) is 7.52. The van der Waals surface area contributed by atoms with Crippen molar-refractivity contribution in [1.29, 1.82) is 0 Å². The van der Waals surface area contributed by atoms with Crippen LogP contribution in [0, 0.1) is 5.82 Å². The minimum absolute atomic E-state index is 0.145. The van der Waals surface area contributed by atoms with Crippen molar-refractivity contribution in [1.82, 2.24) is 0 Å². The fraction of sp³-hybridized carbons (Fsp3) is 0.150. The highest BCUT2D eigenvalue weighted by Gasteiger charge is 2.33. The van der Waals surface area contributed by atoms with Gasteiger partial charge in [-0.05, 0) is 42.0 Å². The number of hydrogen-bond donors (Lipinski definition) is 0. The van der Waals surface area contributed by atoms with E-state index >= 15 is 0 Å². The Morgan fingerprint density at radius 2 is 1.83 bits per heavy atom. The molecule has 0 bridgehead atoms. The van der Waals surface area contributed by atoms with Crippen molar-refractivity contribution < 1.29 is 28.2 Å². The van der Waals surface area contributed by atoms with E-state index in [1.54, 1.807) is 24.3 Å². The van der Waals surface area contributed by atoms with Crippen LogP contribution in [0.5, 0.6) is 17.2 Å². The number of esters is 1. The summed E-state index contributed by atoms with van der Waals surface area (Å²) >= 11 is 6.40. The van der Waals surface area contributed by atoms with Crippen molar-refractivity contribution >= 4 is 51.9 Å². The van der Waals surface area contributed by atoms with Gasteiger partial charge in [0.05, 0.1) is 24.8 Å². The molecule has 2 aromatic carbocycles. The molecule has 9 heteroatoms. The van der Waals surface area contributed by atoms with Crippen LogP contribution in [-0.2, 0) is 9.59 Å². The third kappa shape index (κ3) is 4.41. The summed E-state index contributed by atoms with van der Waals surface area (Å²) in [6.45, 7) is 1.27. The minimum Gasteiger partial charge on any atom is -0.493 e. The summed E-state index contributed by atoms with van der Waals surface area (Å²) in [4.78, 5) is 25.8. The molecule has 0 unspecified atom stereocenters. The number of halogens is 1. The lowest BCUT2D eigenvalue weighted by molar-refractivity contribution is -0.132. The molecular formula is C20H16FNO5S2. The maximum Gasteiger partial charge on any atom is 0.308 e. The number of carbonyl (C=O) groups is 2. The largest absolute Gasteiger partial charge is 0.493 e. The van der Waals surface area contributed by atoms with Gasteiger partial charge in [-0.3, -0.25) is 14.5 Å². The zero-order valence-corrected chi connectivity index (χ0v) is 17.4. The SMILES string of the molecule is COc1cc(/C=C2\SC(=S)N(c3cccc(F)c3)C2=O)cc(OC)c1OC(C)=O. The molecule has 1 heterocycles. The normalized spacial score (nSPS) is 15.0. The number of benzene rings is 2. The third-order valence-corrected chi connectivity index (χ3v) is 5.19. The van der Waals surface area contributed by atoms with Crippen LogP contribution in [0.1, 0.15) is 12.5 Å². The molecule has 0 radical (unpaired) electrons. The average Bonchev–Trinajstić information content (AvgIpc) is 2.95. The van der Waals surface area contributed by atoms with Crippen LogP contribution in [0.2, 0.25) is 0 Å². The van der Waals surface area contributed by atoms with Crippen LogP contribution in [0.25, 0.3) is 6.08 Å². The number of carbonyl (C=O) groups excluding carboxylic acids is 2. The van der Waals surface area contributed by atoms with Crippen LogP contribution in [0.3, 0.4) is 0 Å². The zero-order chi connectivity index (χ0) is 21.1. The first kappa shape index (κ1) is 20.8. The maximum absolute atomic E-state index is 13.5. The topological polar surface area (TPSA) is 65.1 Å². The molecule has 150 valence electrons.